The molecule has 0 rings (SSSR count). The topological polar surface area (TPSA) is 20.2 Å². The van der Waals surface area contributed by atoms with Gasteiger partial charge in [-0.15, -0.1) is 0 Å². The van der Waals surface area contributed by atoms with Gasteiger partial charge in [0, 0.05) is 0 Å². The Kier molecular flexibility index (Phi) is 24.8. The number of allylic oxidation sites excluding steroid dienone is 1. The number of hydrogen-bond donors (Lipinski definition) is 1. The van der Waals surface area contributed by atoms with E-state index >= 15 is 0 Å². The molecule has 0 saturated carbocycles. The van der Waals surface area contributed by atoms with Crippen molar-refractivity contribution in [2.24, 2.45) is 5.92 Å². The molecule has 222 valence electrons. The van der Waals surface area contributed by atoms with Crippen LogP contribution in [0.3, 0.4) is 0 Å². The second kappa shape index (κ2) is 23.9. The van der Waals surface area contributed by atoms with Gasteiger partial charge in [0.25, 0.3) is 0 Å². The van der Waals surface area contributed by atoms with Crippen LogP contribution in [0, 0.1) is 5.92 Å². The molecule has 1 nitrogen and oxygen atoms in total. The third-order valence-corrected chi connectivity index (χ3v) is 66.2. The fourth-order valence-corrected chi connectivity index (χ4v) is 87.9. The minimum absolute atomic E-state index is 0.0927. The van der Waals surface area contributed by atoms with E-state index in [9.17, 15) is 5.11 Å². The van der Waals surface area contributed by atoms with Crippen LogP contribution in [0.1, 0.15) is 151 Å². The Balaban J connectivity index is 7.30. The molecule has 0 aliphatic heterocycles. The van der Waals surface area contributed by atoms with Crippen molar-refractivity contribution in [1.29, 1.82) is 0 Å². The standard InChI is InChI=1S/C10H18O.6C4H9.2Sn/c1-4-6-8-10(11)9(3)7-5-2;6*1-3-4-2;;/h3,5,9-11H,2,4,6-8H2,1H3;6*1,3-4H2,2H3;;/t9-,10-;;;;;;;;/m0......../s1. The maximum atomic E-state index is 12.0. The van der Waals surface area contributed by atoms with Crippen molar-refractivity contribution in [3.63, 3.8) is 0 Å². The number of unbranched alkanes of at least 4 members (excludes halogenated alkanes) is 7. The molecule has 0 radical (unpaired) electrons. The zero-order valence-corrected chi connectivity index (χ0v) is 32.7. The first kappa shape index (κ1) is 38.3. The minimum atomic E-state index is -2.63. The van der Waals surface area contributed by atoms with Crippen molar-refractivity contribution >= 4 is 36.8 Å². The predicted molar refractivity (Wildman–Crippen MR) is 177 cm³/mol. The fourth-order valence-electron chi connectivity index (χ4n) is 7.75. The van der Waals surface area contributed by atoms with E-state index in [0.29, 0.717) is 5.92 Å². The molecule has 37 heavy (non-hydrogen) atoms. The van der Waals surface area contributed by atoms with E-state index in [2.05, 4.69) is 61.1 Å². The molecule has 0 bridgehead atoms. The Morgan fingerprint density at radius 3 is 1.08 bits per heavy atom. The molecular formula is C34H72OSn2. The molecule has 0 amide bonds. The Morgan fingerprint density at radius 1 is 0.541 bits per heavy atom. The van der Waals surface area contributed by atoms with Crippen LogP contribution in [0.5, 0.6) is 0 Å². The van der Waals surface area contributed by atoms with Gasteiger partial charge >= 0.3 is 246 Å². The fraction of sp³-hybridized carbons (Fsp3) is 0.941. The summed E-state index contributed by atoms with van der Waals surface area (Å²) in [6, 6.07) is 0. The van der Waals surface area contributed by atoms with E-state index in [1.54, 1.807) is 26.6 Å². The number of hydrogen-bond acceptors (Lipinski definition) is 1. The SMILES string of the molecule is C=CC[C@H]([CH]([Sn]([CH2]CCC)([CH2]CCC)[CH2]CCC)[Sn]([CH2]CCC)([CH2]CCC)[CH2]CCC)[C@@H](O)CCCC. The van der Waals surface area contributed by atoms with Gasteiger partial charge in [-0.25, -0.2) is 0 Å². The van der Waals surface area contributed by atoms with Crippen molar-refractivity contribution in [1.82, 2.24) is 0 Å². The van der Waals surface area contributed by atoms with Gasteiger partial charge in [-0.05, 0) is 0 Å². The third-order valence-electron chi connectivity index (χ3n) is 9.70. The van der Waals surface area contributed by atoms with E-state index in [1.165, 1.54) is 89.9 Å². The molecule has 0 aromatic heterocycles. The summed E-state index contributed by atoms with van der Waals surface area (Å²) in [5.74, 6) is 0.534. The summed E-state index contributed by atoms with van der Waals surface area (Å²) in [5.41, 5.74) is 0. The number of aliphatic hydroxyl groups is 1. The summed E-state index contributed by atoms with van der Waals surface area (Å²) < 4.78 is 10.7. The Morgan fingerprint density at radius 2 is 0.838 bits per heavy atom. The Labute approximate surface area is 244 Å². The van der Waals surface area contributed by atoms with Crippen molar-refractivity contribution in [3.05, 3.63) is 12.7 Å². The molecule has 1 N–H and O–H groups in total. The van der Waals surface area contributed by atoms with Gasteiger partial charge in [-0.2, -0.15) is 0 Å². The van der Waals surface area contributed by atoms with Crippen molar-refractivity contribution in [2.75, 3.05) is 0 Å². The third kappa shape index (κ3) is 13.7. The summed E-state index contributed by atoms with van der Waals surface area (Å²) in [4.78, 5) is 0. The molecule has 0 spiro atoms. The molecule has 0 unspecified atom stereocenters. The molecule has 0 aliphatic carbocycles. The van der Waals surface area contributed by atoms with Crippen LogP contribution in [0.4, 0.5) is 0 Å². The molecule has 3 heteroatoms. The van der Waals surface area contributed by atoms with E-state index < -0.39 is 36.8 Å². The van der Waals surface area contributed by atoms with Crippen molar-refractivity contribution in [3.8, 4) is 0 Å². The van der Waals surface area contributed by atoms with Crippen LogP contribution in [0.2, 0.25) is 28.6 Å². The average Bonchev–Trinajstić information content (AvgIpc) is 2.92. The molecule has 2 atom stereocenters. The van der Waals surface area contributed by atoms with Crippen LogP contribution < -0.4 is 0 Å². The van der Waals surface area contributed by atoms with Crippen LogP contribution in [-0.2, 0) is 0 Å². The summed E-state index contributed by atoms with van der Waals surface area (Å²) in [6.45, 7) is 21.2. The quantitative estimate of drug-likeness (QED) is 0.0658. The second-order valence-corrected chi connectivity index (χ2v) is 45.1. The van der Waals surface area contributed by atoms with Gasteiger partial charge in [-0.1, -0.05) is 0 Å². The van der Waals surface area contributed by atoms with Crippen LogP contribution in [0.15, 0.2) is 12.7 Å². The zero-order valence-electron chi connectivity index (χ0n) is 27.0. The first-order valence-corrected chi connectivity index (χ1v) is 32.6. The second-order valence-electron chi connectivity index (χ2n) is 12.7. The van der Waals surface area contributed by atoms with Crippen LogP contribution in [0.25, 0.3) is 0 Å². The first-order chi connectivity index (χ1) is 17.9. The Bertz CT molecular complexity index is 444. The first-order valence-electron chi connectivity index (χ1n) is 17.2. The van der Waals surface area contributed by atoms with Gasteiger partial charge in [0.15, 0.2) is 0 Å². The maximum absolute atomic E-state index is 12.0. The van der Waals surface area contributed by atoms with Gasteiger partial charge in [-0.3, -0.25) is 0 Å². The number of rotatable bonds is 27. The van der Waals surface area contributed by atoms with E-state index in [-0.39, 0.29) is 6.10 Å². The van der Waals surface area contributed by atoms with E-state index in [1.807, 2.05) is 0 Å². The van der Waals surface area contributed by atoms with E-state index in [4.69, 9.17) is 0 Å². The van der Waals surface area contributed by atoms with Gasteiger partial charge in [0.1, 0.15) is 0 Å². The van der Waals surface area contributed by atoms with Crippen LogP contribution >= 0.6 is 0 Å². The van der Waals surface area contributed by atoms with Gasteiger partial charge in [0.2, 0.25) is 0 Å². The van der Waals surface area contributed by atoms with Crippen LogP contribution in [-0.4, -0.2) is 48.0 Å². The predicted octanol–water partition coefficient (Wildman–Crippen LogP) is 12.3. The molecule has 0 aromatic carbocycles. The van der Waals surface area contributed by atoms with Crippen molar-refractivity contribution < 1.29 is 5.11 Å². The molecule has 0 heterocycles. The van der Waals surface area contributed by atoms with Crippen molar-refractivity contribution in [2.45, 2.75) is 186 Å². The molecular weight excluding hydrogens is 662 g/mol. The summed E-state index contributed by atoms with van der Waals surface area (Å²) >= 11 is -5.26. The van der Waals surface area contributed by atoms with Gasteiger partial charge in [0.05, 0.1) is 0 Å². The molecule has 0 saturated heterocycles. The molecule has 0 fully saturated rings. The summed E-state index contributed by atoms with van der Waals surface area (Å²) in [7, 11) is 0. The van der Waals surface area contributed by atoms with Gasteiger partial charge < -0.3 is 0 Å². The summed E-state index contributed by atoms with van der Waals surface area (Å²) in [5, 5.41) is 12.0. The molecule has 0 aliphatic rings. The normalized spacial score (nSPS) is 14.3. The summed E-state index contributed by atoms with van der Waals surface area (Å²) in [6.07, 6.45) is 23.6. The zero-order chi connectivity index (χ0) is 28.0. The average molecular weight is 734 g/mol. The Hall–Kier alpha value is 1.30. The molecule has 0 aromatic rings. The number of aliphatic hydroxyl groups excluding tert-OH is 1. The van der Waals surface area contributed by atoms with E-state index in [0.717, 1.165) is 14.8 Å². The monoisotopic (exact) mass is 736 g/mol.